The Morgan fingerprint density at radius 2 is 1.84 bits per heavy atom. The molecule has 4 aromatic rings. The molecule has 1 aromatic heterocycles. The average Bonchev–Trinajstić information content (AvgIpc) is 3.22. The Kier molecular flexibility index (Phi) is 6.78. The van der Waals surface area contributed by atoms with Gasteiger partial charge in [-0.2, -0.15) is 0 Å². The minimum absolute atomic E-state index is 0.158. The third-order valence-electron chi connectivity index (χ3n) is 4.71. The van der Waals surface area contributed by atoms with Gasteiger partial charge in [-0.1, -0.05) is 59.3 Å². The molecule has 6 nitrogen and oxygen atoms in total. The molecule has 0 aliphatic rings. The van der Waals surface area contributed by atoms with E-state index >= 15 is 0 Å². The lowest BCUT2D eigenvalue weighted by atomic mass is 10.1. The molecular formula is C24H21ClN4O2S. The van der Waals surface area contributed by atoms with Crippen LogP contribution in [0.3, 0.4) is 0 Å². The van der Waals surface area contributed by atoms with Crippen molar-refractivity contribution in [2.24, 2.45) is 0 Å². The van der Waals surface area contributed by atoms with Gasteiger partial charge in [0.05, 0.1) is 18.4 Å². The molecule has 0 spiro atoms. The molecule has 0 saturated heterocycles. The lowest BCUT2D eigenvalue weighted by Crippen LogP contribution is -2.14. The molecule has 1 amide bonds. The number of nitrogens with one attached hydrogen (secondary N) is 1. The first-order chi connectivity index (χ1) is 15.5. The number of benzene rings is 3. The Bertz CT molecular complexity index is 1240. The Hall–Kier alpha value is -3.29. The number of methoxy groups -OCH3 is 1. The summed E-state index contributed by atoms with van der Waals surface area (Å²) >= 11 is 7.31. The zero-order chi connectivity index (χ0) is 22.5. The Morgan fingerprint density at radius 3 is 2.59 bits per heavy atom. The van der Waals surface area contributed by atoms with Crippen LogP contribution < -0.4 is 10.1 Å². The van der Waals surface area contributed by atoms with Crippen molar-refractivity contribution in [1.82, 2.24) is 14.8 Å². The van der Waals surface area contributed by atoms with Gasteiger partial charge in [-0.3, -0.25) is 9.36 Å². The first-order valence-corrected chi connectivity index (χ1v) is 11.3. The molecular weight excluding hydrogens is 444 g/mol. The predicted octanol–water partition coefficient (Wildman–Crippen LogP) is 5.64. The van der Waals surface area contributed by atoms with E-state index in [1.807, 2.05) is 60.0 Å². The number of aryl methyl sites for hydroxylation is 1. The lowest BCUT2D eigenvalue weighted by molar-refractivity contribution is -0.113. The molecule has 0 aliphatic carbocycles. The summed E-state index contributed by atoms with van der Waals surface area (Å²) in [7, 11) is 1.63. The SMILES string of the molecule is COc1ccccc1-c1nnc(SCC(=O)Nc2cccc(Cl)c2)n1-c1ccc(C)cc1. The van der Waals surface area contributed by atoms with E-state index in [9.17, 15) is 4.79 Å². The topological polar surface area (TPSA) is 69.0 Å². The quantitative estimate of drug-likeness (QED) is 0.359. The number of thioether (sulfide) groups is 1. The van der Waals surface area contributed by atoms with Crippen LogP contribution in [0.4, 0.5) is 5.69 Å². The molecule has 1 N–H and O–H groups in total. The summed E-state index contributed by atoms with van der Waals surface area (Å²) in [5.41, 5.74) is 3.52. The summed E-state index contributed by atoms with van der Waals surface area (Å²) in [6.45, 7) is 2.03. The summed E-state index contributed by atoms with van der Waals surface area (Å²) in [6.07, 6.45) is 0. The molecule has 0 bridgehead atoms. The molecule has 0 aliphatic heterocycles. The zero-order valence-corrected chi connectivity index (χ0v) is 19.2. The van der Waals surface area contributed by atoms with Crippen LogP contribution in [-0.2, 0) is 4.79 Å². The zero-order valence-electron chi connectivity index (χ0n) is 17.6. The molecule has 1 heterocycles. The van der Waals surface area contributed by atoms with Crippen LogP contribution in [0.5, 0.6) is 5.75 Å². The number of aromatic nitrogens is 3. The number of carbonyl (C=O) groups excluding carboxylic acids is 1. The predicted molar refractivity (Wildman–Crippen MR) is 129 cm³/mol. The van der Waals surface area contributed by atoms with Crippen molar-refractivity contribution in [2.45, 2.75) is 12.1 Å². The van der Waals surface area contributed by atoms with Crippen LogP contribution in [-0.4, -0.2) is 33.5 Å². The average molecular weight is 465 g/mol. The molecule has 4 rings (SSSR count). The number of rotatable bonds is 7. The number of anilines is 1. The van der Waals surface area contributed by atoms with Gasteiger partial charge in [0.1, 0.15) is 5.75 Å². The fraction of sp³-hybridized carbons (Fsp3) is 0.125. The Labute approximate surface area is 195 Å². The maximum absolute atomic E-state index is 12.5. The van der Waals surface area contributed by atoms with E-state index in [0.29, 0.717) is 27.4 Å². The standard InChI is InChI=1S/C24H21ClN4O2S/c1-16-10-12-19(13-11-16)29-23(20-8-3-4-9-21(20)31-2)27-28-24(29)32-15-22(30)26-18-7-5-6-17(25)14-18/h3-14H,15H2,1-2H3,(H,26,30). The van der Waals surface area contributed by atoms with Gasteiger partial charge in [0, 0.05) is 16.4 Å². The monoisotopic (exact) mass is 464 g/mol. The summed E-state index contributed by atoms with van der Waals surface area (Å²) in [4.78, 5) is 12.5. The summed E-state index contributed by atoms with van der Waals surface area (Å²) in [5, 5.41) is 12.8. The van der Waals surface area contributed by atoms with E-state index in [2.05, 4.69) is 15.5 Å². The van der Waals surface area contributed by atoms with Gasteiger partial charge in [0.15, 0.2) is 11.0 Å². The highest BCUT2D eigenvalue weighted by Crippen LogP contribution is 2.33. The molecule has 3 aromatic carbocycles. The second-order valence-electron chi connectivity index (χ2n) is 7.02. The molecule has 32 heavy (non-hydrogen) atoms. The number of ether oxygens (including phenoxy) is 1. The van der Waals surface area contributed by atoms with E-state index in [1.54, 1.807) is 31.4 Å². The minimum Gasteiger partial charge on any atom is -0.496 e. The number of para-hydroxylation sites is 1. The van der Waals surface area contributed by atoms with Crippen LogP contribution in [0.2, 0.25) is 5.02 Å². The third-order valence-corrected chi connectivity index (χ3v) is 5.88. The van der Waals surface area contributed by atoms with Crippen LogP contribution in [0.25, 0.3) is 17.1 Å². The summed E-state index contributed by atoms with van der Waals surface area (Å²) in [6, 6.07) is 22.8. The molecule has 0 unspecified atom stereocenters. The molecule has 162 valence electrons. The molecule has 8 heteroatoms. The van der Waals surface area contributed by atoms with Crippen LogP contribution in [0.15, 0.2) is 78.0 Å². The molecule has 0 saturated carbocycles. The third kappa shape index (κ3) is 4.95. The second-order valence-corrected chi connectivity index (χ2v) is 8.40. The normalized spacial score (nSPS) is 10.7. The van der Waals surface area contributed by atoms with E-state index in [1.165, 1.54) is 11.8 Å². The summed E-state index contributed by atoms with van der Waals surface area (Å²) in [5.74, 6) is 1.35. The van der Waals surface area contributed by atoms with Crippen molar-refractivity contribution in [2.75, 3.05) is 18.2 Å². The first-order valence-electron chi connectivity index (χ1n) is 9.89. The highest BCUT2D eigenvalue weighted by Gasteiger charge is 2.19. The van der Waals surface area contributed by atoms with Gasteiger partial charge in [0.2, 0.25) is 5.91 Å². The molecule has 0 radical (unpaired) electrons. The van der Waals surface area contributed by atoms with Crippen molar-refractivity contribution in [3.05, 3.63) is 83.4 Å². The maximum atomic E-state index is 12.5. The van der Waals surface area contributed by atoms with E-state index < -0.39 is 0 Å². The van der Waals surface area contributed by atoms with E-state index in [-0.39, 0.29) is 11.7 Å². The van der Waals surface area contributed by atoms with E-state index in [4.69, 9.17) is 16.3 Å². The number of carbonyl (C=O) groups is 1. The molecule has 0 atom stereocenters. The van der Waals surface area contributed by atoms with Crippen molar-refractivity contribution < 1.29 is 9.53 Å². The van der Waals surface area contributed by atoms with Gasteiger partial charge in [-0.15, -0.1) is 10.2 Å². The largest absolute Gasteiger partial charge is 0.496 e. The van der Waals surface area contributed by atoms with Gasteiger partial charge in [0.25, 0.3) is 0 Å². The van der Waals surface area contributed by atoms with E-state index in [0.717, 1.165) is 16.8 Å². The second kappa shape index (κ2) is 9.89. The Balaban J connectivity index is 1.64. The fourth-order valence-corrected chi connectivity index (χ4v) is 4.13. The van der Waals surface area contributed by atoms with Gasteiger partial charge in [-0.05, 0) is 49.4 Å². The summed E-state index contributed by atoms with van der Waals surface area (Å²) < 4.78 is 7.47. The van der Waals surface area contributed by atoms with Crippen molar-refractivity contribution in [3.63, 3.8) is 0 Å². The number of nitrogens with zero attached hydrogens (tertiary/aromatic N) is 3. The first kappa shape index (κ1) is 21.9. The smallest absolute Gasteiger partial charge is 0.234 e. The number of hydrogen-bond donors (Lipinski definition) is 1. The highest BCUT2D eigenvalue weighted by molar-refractivity contribution is 7.99. The number of hydrogen-bond acceptors (Lipinski definition) is 5. The lowest BCUT2D eigenvalue weighted by Gasteiger charge is -2.13. The van der Waals surface area contributed by atoms with Crippen LogP contribution in [0, 0.1) is 6.92 Å². The van der Waals surface area contributed by atoms with Crippen LogP contribution >= 0.6 is 23.4 Å². The number of halogens is 1. The van der Waals surface area contributed by atoms with Crippen molar-refractivity contribution in [1.29, 1.82) is 0 Å². The van der Waals surface area contributed by atoms with Crippen LogP contribution in [0.1, 0.15) is 5.56 Å². The minimum atomic E-state index is -0.158. The Morgan fingerprint density at radius 1 is 1.06 bits per heavy atom. The number of amides is 1. The maximum Gasteiger partial charge on any atom is 0.234 e. The van der Waals surface area contributed by atoms with Crippen molar-refractivity contribution >= 4 is 35.0 Å². The van der Waals surface area contributed by atoms with Gasteiger partial charge < -0.3 is 10.1 Å². The van der Waals surface area contributed by atoms with Crippen molar-refractivity contribution in [3.8, 4) is 22.8 Å². The van der Waals surface area contributed by atoms with Gasteiger partial charge in [-0.25, -0.2) is 0 Å². The highest BCUT2D eigenvalue weighted by atomic mass is 35.5. The molecule has 0 fully saturated rings. The fourth-order valence-electron chi connectivity index (χ4n) is 3.19. The van der Waals surface area contributed by atoms with Gasteiger partial charge >= 0.3 is 0 Å².